The average molecular weight is 533 g/mol. The van der Waals surface area contributed by atoms with Crippen LogP contribution in [-0.2, 0) is 12.7 Å². The van der Waals surface area contributed by atoms with Gasteiger partial charge in [0.25, 0.3) is 0 Å². The van der Waals surface area contributed by atoms with E-state index < -0.39 is 17.7 Å². The number of methoxy groups -OCH3 is 1. The lowest BCUT2D eigenvalue weighted by molar-refractivity contribution is -0.138. The van der Waals surface area contributed by atoms with Crippen LogP contribution in [0, 0.1) is 6.92 Å². The summed E-state index contributed by atoms with van der Waals surface area (Å²) in [5.41, 5.74) is 1.57. The van der Waals surface area contributed by atoms with Gasteiger partial charge in [-0.2, -0.15) is 13.2 Å². The molecule has 7 nitrogen and oxygen atoms in total. The minimum absolute atomic E-state index is 0.193. The van der Waals surface area contributed by atoms with Crippen molar-refractivity contribution in [2.45, 2.75) is 38.4 Å². The number of pyridine rings is 1. The third-order valence-corrected chi connectivity index (χ3v) is 6.31. The van der Waals surface area contributed by atoms with Gasteiger partial charge in [0.2, 0.25) is 5.88 Å². The summed E-state index contributed by atoms with van der Waals surface area (Å²) in [7, 11) is 1.52. The van der Waals surface area contributed by atoms with Crippen LogP contribution >= 0.6 is 15.9 Å². The Morgan fingerprint density at radius 2 is 1.97 bits per heavy atom. The number of hydrogen-bond donors (Lipinski definition) is 0. The summed E-state index contributed by atoms with van der Waals surface area (Å²) in [6, 6.07) is 7.64. The number of nitrogens with zero attached hydrogens (tertiary/aromatic N) is 6. The van der Waals surface area contributed by atoms with Crippen molar-refractivity contribution in [3.05, 3.63) is 70.0 Å². The Morgan fingerprint density at radius 1 is 1.15 bits per heavy atom. The van der Waals surface area contributed by atoms with E-state index in [0.29, 0.717) is 52.8 Å². The standard InChI is InChI=1S/C23H20BrF3N6O/c1-13-11-32(12-28-13)19-8-7-18(29-22(19)34-2)20-30-21-15(4-3-9-33(21)31-20)16-10-14(24)5-6-17(16)23(25,26)27/h5-8,10-12,15H,3-4,9H2,1-2H3/t15-/m0/s1. The van der Waals surface area contributed by atoms with Gasteiger partial charge in [0.05, 0.1) is 24.7 Å². The highest BCUT2D eigenvalue weighted by Gasteiger charge is 2.38. The molecule has 1 aromatic carbocycles. The number of aromatic nitrogens is 6. The van der Waals surface area contributed by atoms with Gasteiger partial charge in [0, 0.05) is 23.1 Å². The lowest BCUT2D eigenvalue weighted by atomic mass is 9.87. The Hall–Kier alpha value is -3.21. The smallest absolute Gasteiger partial charge is 0.416 e. The van der Waals surface area contributed by atoms with Gasteiger partial charge in [0.15, 0.2) is 5.82 Å². The molecule has 4 heterocycles. The number of hydrogen-bond acceptors (Lipinski definition) is 5. The second-order valence-corrected chi connectivity index (χ2v) is 9.00. The van der Waals surface area contributed by atoms with Crippen LogP contribution in [0.15, 0.2) is 47.3 Å². The van der Waals surface area contributed by atoms with E-state index in [1.54, 1.807) is 21.6 Å². The van der Waals surface area contributed by atoms with Crippen molar-refractivity contribution in [3.8, 4) is 23.1 Å². The highest BCUT2D eigenvalue weighted by molar-refractivity contribution is 9.10. The molecule has 176 valence electrons. The molecule has 11 heteroatoms. The molecular weight excluding hydrogens is 513 g/mol. The first kappa shape index (κ1) is 22.6. The molecule has 0 radical (unpaired) electrons. The van der Waals surface area contributed by atoms with Crippen LogP contribution in [0.3, 0.4) is 0 Å². The minimum Gasteiger partial charge on any atom is -0.479 e. The summed E-state index contributed by atoms with van der Waals surface area (Å²) in [6.45, 7) is 2.47. The van der Waals surface area contributed by atoms with E-state index in [9.17, 15) is 13.2 Å². The molecule has 34 heavy (non-hydrogen) atoms. The Bertz CT molecular complexity index is 1360. The SMILES string of the molecule is COc1nc(-c2nc3n(n2)CCC[C@H]3c2cc(Br)ccc2C(F)(F)F)ccc1-n1cnc(C)c1. The molecular formula is C23H20BrF3N6O. The monoisotopic (exact) mass is 532 g/mol. The van der Waals surface area contributed by atoms with E-state index in [-0.39, 0.29) is 5.56 Å². The molecule has 5 rings (SSSR count). The maximum Gasteiger partial charge on any atom is 0.416 e. The fraction of sp³-hybridized carbons (Fsp3) is 0.304. The Balaban J connectivity index is 1.56. The molecule has 0 unspecified atom stereocenters. The molecule has 0 fully saturated rings. The van der Waals surface area contributed by atoms with Gasteiger partial charge >= 0.3 is 6.18 Å². The van der Waals surface area contributed by atoms with E-state index in [1.165, 1.54) is 19.2 Å². The van der Waals surface area contributed by atoms with Gasteiger partial charge in [-0.15, -0.1) is 5.10 Å². The highest BCUT2D eigenvalue weighted by atomic mass is 79.9. The quantitative estimate of drug-likeness (QED) is 0.344. The molecule has 0 saturated carbocycles. The van der Waals surface area contributed by atoms with Crippen molar-refractivity contribution in [1.29, 1.82) is 0 Å². The summed E-state index contributed by atoms with van der Waals surface area (Å²) < 4.78 is 50.8. The lowest BCUT2D eigenvalue weighted by Crippen LogP contribution is -2.21. The van der Waals surface area contributed by atoms with Crippen molar-refractivity contribution >= 4 is 15.9 Å². The minimum atomic E-state index is -4.46. The predicted molar refractivity (Wildman–Crippen MR) is 122 cm³/mol. The number of halogens is 4. The first-order valence-electron chi connectivity index (χ1n) is 10.6. The summed E-state index contributed by atoms with van der Waals surface area (Å²) in [6.07, 6.45) is 0.307. The van der Waals surface area contributed by atoms with Gasteiger partial charge < -0.3 is 9.30 Å². The number of alkyl halides is 3. The number of imidazole rings is 1. The largest absolute Gasteiger partial charge is 0.479 e. The number of fused-ring (bicyclic) bond motifs is 1. The first-order chi connectivity index (χ1) is 16.2. The van der Waals surface area contributed by atoms with Crippen LogP contribution in [0.2, 0.25) is 0 Å². The molecule has 1 aliphatic rings. The third kappa shape index (κ3) is 4.08. The Labute approximate surface area is 201 Å². The molecule has 0 bridgehead atoms. The molecule has 1 atom stereocenters. The van der Waals surface area contributed by atoms with E-state index in [1.807, 2.05) is 19.2 Å². The van der Waals surface area contributed by atoms with E-state index in [4.69, 9.17) is 4.74 Å². The van der Waals surface area contributed by atoms with Crippen molar-refractivity contribution in [2.24, 2.45) is 0 Å². The third-order valence-electron chi connectivity index (χ3n) is 5.82. The first-order valence-corrected chi connectivity index (χ1v) is 11.4. The zero-order chi connectivity index (χ0) is 24.0. The zero-order valence-electron chi connectivity index (χ0n) is 18.3. The molecule has 3 aromatic heterocycles. The van der Waals surface area contributed by atoms with Crippen molar-refractivity contribution in [1.82, 2.24) is 29.3 Å². The molecule has 1 aliphatic heterocycles. The van der Waals surface area contributed by atoms with Gasteiger partial charge in [-0.25, -0.2) is 19.6 Å². The molecule has 0 saturated heterocycles. The summed E-state index contributed by atoms with van der Waals surface area (Å²) in [5.74, 6) is 0.682. The maximum atomic E-state index is 13.8. The van der Waals surface area contributed by atoms with Crippen molar-refractivity contribution in [3.63, 3.8) is 0 Å². The van der Waals surface area contributed by atoms with Gasteiger partial charge in [-0.3, -0.25) is 0 Å². The molecule has 0 spiro atoms. The topological polar surface area (TPSA) is 70.7 Å². The fourth-order valence-corrected chi connectivity index (χ4v) is 4.67. The summed E-state index contributed by atoms with van der Waals surface area (Å²) in [4.78, 5) is 13.4. The second kappa shape index (κ2) is 8.53. The highest BCUT2D eigenvalue weighted by Crippen LogP contribution is 2.42. The van der Waals surface area contributed by atoms with Crippen LogP contribution in [0.4, 0.5) is 13.2 Å². The zero-order valence-corrected chi connectivity index (χ0v) is 19.9. The predicted octanol–water partition coefficient (Wildman–Crippen LogP) is 5.55. The van der Waals surface area contributed by atoms with Gasteiger partial charge in [0.1, 0.15) is 17.2 Å². The summed E-state index contributed by atoms with van der Waals surface area (Å²) in [5, 5.41) is 4.57. The van der Waals surface area contributed by atoms with E-state index >= 15 is 0 Å². The lowest BCUT2D eigenvalue weighted by Gasteiger charge is -2.25. The van der Waals surface area contributed by atoms with Gasteiger partial charge in [-0.1, -0.05) is 15.9 Å². The van der Waals surface area contributed by atoms with E-state index in [2.05, 4.69) is 36.0 Å². The number of rotatable bonds is 4. The Kier molecular flexibility index (Phi) is 5.67. The molecule has 4 aromatic rings. The maximum absolute atomic E-state index is 13.8. The van der Waals surface area contributed by atoms with Crippen LogP contribution in [0.25, 0.3) is 17.2 Å². The molecule has 0 aliphatic carbocycles. The fourth-order valence-electron chi connectivity index (χ4n) is 4.29. The van der Waals surface area contributed by atoms with Crippen LogP contribution in [-0.4, -0.2) is 36.4 Å². The van der Waals surface area contributed by atoms with Crippen molar-refractivity contribution < 1.29 is 17.9 Å². The summed E-state index contributed by atoms with van der Waals surface area (Å²) >= 11 is 3.31. The molecule has 0 amide bonds. The average Bonchev–Trinajstić information content (AvgIpc) is 3.43. The molecule has 0 N–H and O–H groups in total. The number of ether oxygens (including phenoxy) is 1. The Morgan fingerprint density at radius 3 is 2.68 bits per heavy atom. The van der Waals surface area contributed by atoms with Crippen LogP contribution in [0.5, 0.6) is 5.88 Å². The number of benzene rings is 1. The second-order valence-electron chi connectivity index (χ2n) is 8.09. The number of aryl methyl sites for hydroxylation is 2. The van der Waals surface area contributed by atoms with Crippen LogP contribution < -0.4 is 4.74 Å². The van der Waals surface area contributed by atoms with Crippen LogP contribution in [0.1, 0.15) is 41.4 Å². The van der Waals surface area contributed by atoms with Crippen molar-refractivity contribution in [2.75, 3.05) is 7.11 Å². The van der Waals surface area contributed by atoms with Gasteiger partial charge in [-0.05, 0) is 55.7 Å². The van der Waals surface area contributed by atoms with E-state index in [0.717, 1.165) is 11.8 Å². The normalized spacial score (nSPS) is 15.9.